The lowest BCUT2D eigenvalue weighted by atomic mass is 10.0. The number of carbonyl (C=O) groups is 1. The number of nitrogens with one attached hydrogen (secondary N) is 3. The zero-order chi connectivity index (χ0) is 64.6. The second kappa shape index (κ2) is 25.8. The number of nitrogens with zero attached hydrogens (tertiary/aromatic N) is 13. The van der Waals surface area contributed by atoms with Gasteiger partial charge in [0.15, 0.2) is 0 Å². The molecule has 11 heterocycles. The Kier molecular flexibility index (Phi) is 16.9. The average molecular weight is 1260 g/mol. The number of aliphatic hydroxyl groups is 1. The van der Waals surface area contributed by atoms with E-state index in [1.807, 2.05) is 89.9 Å². The minimum absolute atomic E-state index is 0.0499. The van der Waals surface area contributed by atoms with Crippen molar-refractivity contribution in [3.05, 3.63) is 208 Å². The SMILES string of the molecule is Cc1cc(-c2cnc(NCc3c(F)ccc4c3CCO4)n3cc(C)nc23)ccn1.Cc1cn2c(NCc3c(F)ccc4c3CCO4)ncc(-c3ccc(C(=O)N(C)C)cc3)c2n1.Cc1cn2c(NCc3c(F)ccc4c3CCO4)ncc(-c3cnn(CC(C)O)c3)c2n1. The molecule has 4 aromatic carbocycles. The molecule has 8 aromatic heterocycles. The maximum atomic E-state index is 14.5. The first-order valence-corrected chi connectivity index (χ1v) is 30.5. The third-order valence-electron chi connectivity index (χ3n) is 16.4. The van der Waals surface area contributed by atoms with Crippen LogP contribution in [0.15, 0.2) is 129 Å². The lowest BCUT2D eigenvalue weighted by Gasteiger charge is -2.13. The highest BCUT2D eigenvalue weighted by molar-refractivity contribution is 5.94. The van der Waals surface area contributed by atoms with Crippen molar-refractivity contribution in [3.8, 4) is 50.6 Å². The van der Waals surface area contributed by atoms with Crippen LogP contribution in [0, 0.1) is 45.1 Å². The number of benzene rings is 4. The summed E-state index contributed by atoms with van der Waals surface area (Å²) < 4.78 is 67.5. The number of carbonyl (C=O) groups excluding carboxylic acids is 1. The Balaban J connectivity index is 0.000000127. The topological polar surface area (TPSA) is 226 Å². The van der Waals surface area contributed by atoms with Crippen molar-refractivity contribution in [1.82, 2.24) is 62.8 Å². The molecule has 0 bridgehead atoms. The molecule has 0 saturated carbocycles. The number of ether oxygens (including phenoxy) is 3. The van der Waals surface area contributed by atoms with Gasteiger partial charge in [-0.3, -0.25) is 27.7 Å². The van der Waals surface area contributed by atoms with E-state index in [-0.39, 0.29) is 23.4 Å². The summed E-state index contributed by atoms with van der Waals surface area (Å²) in [6, 6.07) is 20.8. The number of aromatic nitrogens is 12. The molecule has 93 heavy (non-hydrogen) atoms. The number of hydrogen-bond acceptors (Lipinski definition) is 16. The van der Waals surface area contributed by atoms with Crippen LogP contribution in [0.4, 0.5) is 31.0 Å². The fourth-order valence-electron chi connectivity index (χ4n) is 11.9. The van der Waals surface area contributed by atoms with Crippen molar-refractivity contribution in [3.63, 3.8) is 0 Å². The normalized spacial score (nSPS) is 13.1. The summed E-state index contributed by atoms with van der Waals surface area (Å²) in [5.41, 5.74) is 16.3. The predicted octanol–water partition coefficient (Wildman–Crippen LogP) is 11.2. The molecule has 0 saturated heterocycles. The van der Waals surface area contributed by atoms with Crippen LogP contribution in [-0.4, -0.2) is 114 Å². The highest BCUT2D eigenvalue weighted by Crippen LogP contribution is 2.36. The van der Waals surface area contributed by atoms with Crippen LogP contribution in [-0.2, 0) is 45.4 Å². The Hall–Kier alpha value is -10.9. The predicted molar refractivity (Wildman–Crippen MR) is 346 cm³/mol. The first-order chi connectivity index (χ1) is 45.0. The Morgan fingerprint density at radius 1 is 0.538 bits per heavy atom. The molecule has 21 nitrogen and oxygen atoms in total. The minimum Gasteiger partial charge on any atom is -0.493 e. The zero-order valence-electron chi connectivity index (χ0n) is 52.3. The van der Waals surface area contributed by atoms with Crippen LogP contribution in [0.25, 0.3) is 50.3 Å². The van der Waals surface area contributed by atoms with Gasteiger partial charge in [-0.25, -0.2) is 43.1 Å². The number of pyridine rings is 1. The van der Waals surface area contributed by atoms with E-state index in [0.29, 0.717) is 98.9 Å². The van der Waals surface area contributed by atoms with Gasteiger partial charge in [-0.2, -0.15) is 5.10 Å². The summed E-state index contributed by atoms with van der Waals surface area (Å²) in [4.78, 5) is 45.8. The Morgan fingerprint density at radius 3 is 1.37 bits per heavy atom. The van der Waals surface area contributed by atoms with Crippen molar-refractivity contribution < 1.29 is 37.3 Å². The van der Waals surface area contributed by atoms with Gasteiger partial charge in [0.2, 0.25) is 17.8 Å². The molecule has 3 aliphatic heterocycles. The average Bonchev–Trinajstić information content (AvgIpc) is 1.73. The molecule has 1 atom stereocenters. The number of rotatable bonds is 15. The first kappa shape index (κ1) is 61.0. The third-order valence-corrected chi connectivity index (χ3v) is 16.4. The summed E-state index contributed by atoms with van der Waals surface area (Å²) in [5, 5.41) is 23.7. The molecule has 0 radical (unpaired) electrons. The Bertz CT molecular complexity index is 4810. The van der Waals surface area contributed by atoms with Gasteiger partial charge >= 0.3 is 0 Å². The molecule has 474 valence electrons. The van der Waals surface area contributed by atoms with Crippen molar-refractivity contribution in [1.29, 1.82) is 0 Å². The summed E-state index contributed by atoms with van der Waals surface area (Å²) in [6.07, 6.45) is 18.0. The monoisotopic (exact) mass is 1260 g/mol. The van der Waals surface area contributed by atoms with Crippen molar-refractivity contribution >= 4 is 40.7 Å². The van der Waals surface area contributed by atoms with E-state index in [0.717, 1.165) is 113 Å². The Labute approximate surface area is 533 Å². The number of hydrogen-bond donors (Lipinski definition) is 4. The summed E-state index contributed by atoms with van der Waals surface area (Å²) in [7, 11) is 3.46. The largest absolute Gasteiger partial charge is 0.493 e. The van der Waals surface area contributed by atoms with Crippen LogP contribution in [0.1, 0.15) is 73.4 Å². The number of imidazole rings is 3. The highest BCUT2D eigenvalue weighted by atomic mass is 19.1. The maximum Gasteiger partial charge on any atom is 0.253 e. The second-order valence-electron chi connectivity index (χ2n) is 23.3. The quantitative estimate of drug-likeness (QED) is 0.0749. The van der Waals surface area contributed by atoms with Crippen LogP contribution >= 0.6 is 0 Å². The lowest BCUT2D eigenvalue weighted by molar-refractivity contribution is 0.0827. The molecule has 24 heteroatoms. The highest BCUT2D eigenvalue weighted by Gasteiger charge is 2.25. The lowest BCUT2D eigenvalue weighted by Crippen LogP contribution is -2.21. The third kappa shape index (κ3) is 12.6. The standard InChI is InChI=1S/C25H24FN5O2.C22H23FN6O2.C22H20FN5O/c1-15-14-31-23(29-15)19(16-4-6-17(7-5-16)24(32)30(2)3)12-27-25(31)28-13-20-18-10-11-33-22(18)9-8-21(20)26;1-13-10-29-21(27-13)17(15-7-26-28(12-15)11-14(2)30)8-24-22(29)25-9-18-16-5-6-31-20(16)4-3-19(18)23;1-13-9-15(5-7-24-13)17-10-25-22(28-12-14(2)27-21(17)28)26-11-18-16-6-8-29-20(16)4-3-19(18)23/h4-9,12,14H,10-11,13H2,1-3H3,(H,27,28);3-4,7-8,10,12,14,30H,5-6,9,11H2,1-2H3,(H,24,25);3-5,7,9-10,12H,6,8,11H2,1-2H3,(H,25,26). The van der Waals surface area contributed by atoms with E-state index in [1.54, 1.807) is 91.9 Å². The van der Waals surface area contributed by atoms with Gasteiger partial charge in [0, 0.05) is 169 Å². The molecule has 0 aliphatic carbocycles. The van der Waals surface area contributed by atoms with Crippen LogP contribution in [0.3, 0.4) is 0 Å². The summed E-state index contributed by atoms with van der Waals surface area (Å²) in [5.74, 6) is 3.24. The van der Waals surface area contributed by atoms with Gasteiger partial charge in [-0.15, -0.1) is 0 Å². The van der Waals surface area contributed by atoms with Gasteiger partial charge in [0.05, 0.1) is 55.7 Å². The molecule has 0 spiro atoms. The van der Waals surface area contributed by atoms with Gasteiger partial charge in [-0.1, -0.05) is 12.1 Å². The molecule has 1 amide bonds. The van der Waals surface area contributed by atoms with Crippen LogP contribution in [0.2, 0.25) is 0 Å². The van der Waals surface area contributed by atoms with E-state index < -0.39 is 6.10 Å². The van der Waals surface area contributed by atoms with E-state index >= 15 is 0 Å². The maximum absolute atomic E-state index is 14.5. The number of aryl methyl sites for hydroxylation is 4. The van der Waals surface area contributed by atoms with E-state index in [2.05, 4.69) is 55.9 Å². The number of aliphatic hydroxyl groups excluding tert-OH is 1. The van der Waals surface area contributed by atoms with Crippen LogP contribution in [0.5, 0.6) is 17.2 Å². The van der Waals surface area contributed by atoms with E-state index in [4.69, 9.17) is 14.2 Å². The van der Waals surface area contributed by atoms with Crippen molar-refractivity contribution in [2.45, 2.75) is 86.2 Å². The summed E-state index contributed by atoms with van der Waals surface area (Å²) in [6.45, 7) is 12.5. The molecule has 0 fully saturated rings. The van der Waals surface area contributed by atoms with Gasteiger partial charge in [0.1, 0.15) is 51.6 Å². The van der Waals surface area contributed by atoms with Gasteiger partial charge in [-0.05, 0) is 106 Å². The molecule has 12 aromatic rings. The number of fused-ring (bicyclic) bond motifs is 6. The molecule has 1 unspecified atom stereocenters. The van der Waals surface area contributed by atoms with Crippen LogP contribution < -0.4 is 30.2 Å². The van der Waals surface area contributed by atoms with Crippen molar-refractivity contribution in [2.24, 2.45) is 0 Å². The number of halogens is 3. The molecule has 4 N–H and O–H groups in total. The molecule has 3 aliphatic rings. The number of anilines is 3. The van der Waals surface area contributed by atoms with Crippen molar-refractivity contribution in [2.75, 3.05) is 49.9 Å². The zero-order valence-corrected chi connectivity index (χ0v) is 52.3. The fourth-order valence-corrected chi connectivity index (χ4v) is 11.9. The minimum atomic E-state index is -0.489. The second-order valence-corrected chi connectivity index (χ2v) is 23.3. The first-order valence-electron chi connectivity index (χ1n) is 30.5. The van der Waals surface area contributed by atoms with E-state index in [1.165, 1.54) is 18.2 Å². The molecular formula is C69H67F3N16O5. The van der Waals surface area contributed by atoms with Gasteiger partial charge in [0.25, 0.3) is 5.91 Å². The molecule has 15 rings (SSSR count). The molecular weight excluding hydrogens is 1190 g/mol. The van der Waals surface area contributed by atoms with E-state index in [9.17, 15) is 23.1 Å². The summed E-state index contributed by atoms with van der Waals surface area (Å²) >= 11 is 0. The van der Waals surface area contributed by atoms with Gasteiger partial charge < -0.3 is 40.2 Å². The number of amides is 1. The smallest absolute Gasteiger partial charge is 0.253 e. The Morgan fingerprint density at radius 2 is 0.957 bits per heavy atom. The fraction of sp³-hybridized carbons (Fsp3) is 0.261.